The van der Waals surface area contributed by atoms with Crippen LogP contribution in [0.2, 0.25) is 0 Å². The van der Waals surface area contributed by atoms with Crippen LogP contribution in [0, 0.1) is 5.92 Å². The van der Waals surface area contributed by atoms with Crippen molar-refractivity contribution in [1.29, 1.82) is 0 Å². The summed E-state index contributed by atoms with van der Waals surface area (Å²) in [6, 6.07) is 18.1. The molecule has 1 N–H and O–H groups in total. The van der Waals surface area contributed by atoms with Gasteiger partial charge in [-0.15, -0.1) is 0 Å². The first-order valence-electron chi connectivity index (χ1n) is 12.4. The molecule has 0 spiro atoms. The lowest BCUT2D eigenvalue weighted by molar-refractivity contribution is 0.0453. The van der Waals surface area contributed by atoms with Gasteiger partial charge in [-0.1, -0.05) is 24.3 Å². The summed E-state index contributed by atoms with van der Waals surface area (Å²) in [5.41, 5.74) is 1.82. The molecule has 2 aliphatic rings. The minimum Gasteiger partial charge on any atom is -0.491 e. The lowest BCUT2D eigenvalue weighted by Gasteiger charge is -2.36. The van der Waals surface area contributed by atoms with Crippen LogP contribution in [0.5, 0.6) is 5.75 Å². The van der Waals surface area contributed by atoms with Crippen LogP contribution in [-0.2, 0) is 0 Å². The van der Waals surface area contributed by atoms with Crippen molar-refractivity contribution in [2.24, 2.45) is 5.92 Å². The summed E-state index contributed by atoms with van der Waals surface area (Å²) in [5.74, 6) is 0.421. The Balaban J connectivity index is 1.12. The zero-order valence-corrected chi connectivity index (χ0v) is 20.4. The third-order valence-electron chi connectivity index (χ3n) is 7.18. The minimum atomic E-state index is -0.642. The molecule has 0 aliphatic carbocycles. The van der Waals surface area contributed by atoms with Crippen LogP contribution in [0.1, 0.15) is 50.8 Å². The van der Waals surface area contributed by atoms with Gasteiger partial charge in [0.15, 0.2) is 5.78 Å². The number of nitrogens with zero attached hydrogens (tertiary/aromatic N) is 2. The lowest BCUT2D eigenvalue weighted by atomic mass is 9.91. The number of aliphatic hydroxyl groups is 1. The van der Waals surface area contributed by atoms with Gasteiger partial charge in [0.2, 0.25) is 0 Å². The number of imide groups is 1. The fourth-order valence-electron chi connectivity index (χ4n) is 5.19. The fraction of sp³-hybridized carbons (Fsp3) is 0.345. The number of aliphatic hydroxyl groups excluding tert-OH is 1. The van der Waals surface area contributed by atoms with Gasteiger partial charge < -0.3 is 14.7 Å². The van der Waals surface area contributed by atoms with Crippen molar-refractivity contribution >= 4 is 28.4 Å². The Bertz CT molecular complexity index is 1240. The van der Waals surface area contributed by atoms with E-state index in [-0.39, 0.29) is 30.1 Å². The van der Waals surface area contributed by atoms with Crippen LogP contribution >= 0.6 is 0 Å². The maximum absolute atomic E-state index is 13.2. The molecule has 2 heterocycles. The van der Waals surface area contributed by atoms with E-state index in [1.807, 2.05) is 24.3 Å². The van der Waals surface area contributed by atoms with Gasteiger partial charge in [0, 0.05) is 35.2 Å². The minimum absolute atomic E-state index is 0.00110. The Hall–Kier alpha value is -3.55. The fourth-order valence-corrected chi connectivity index (χ4v) is 5.19. The molecule has 0 unspecified atom stereocenters. The Kier molecular flexibility index (Phi) is 6.85. The predicted octanol–water partition coefficient (Wildman–Crippen LogP) is 3.79. The molecule has 186 valence electrons. The van der Waals surface area contributed by atoms with E-state index >= 15 is 0 Å². The molecule has 7 nitrogen and oxygen atoms in total. The van der Waals surface area contributed by atoms with E-state index < -0.39 is 6.10 Å². The highest BCUT2D eigenvalue weighted by molar-refractivity contribution is 6.25. The number of benzene rings is 3. The summed E-state index contributed by atoms with van der Waals surface area (Å²) in [7, 11) is 0. The number of ether oxygens (including phenoxy) is 1. The number of piperidine rings is 1. The Morgan fingerprint density at radius 1 is 0.972 bits per heavy atom. The monoisotopic (exact) mass is 486 g/mol. The van der Waals surface area contributed by atoms with Crippen LogP contribution in [0.15, 0.2) is 60.7 Å². The van der Waals surface area contributed by atoms with Gasteiger partial charge in [-0.05, 0) is 80.6 Å². The van der Waals surface area contributed by atoms with Gasteiger partial charge in [-0.25, -0.2) is 0 Å². The number of carbonyl (C=O) groups excluding carboxylic acids is 3. The van der Waals surface area contributed by atoms with Crippen molar-refractivity contribution in [3.63, 3.8) is 0 Å². The topological polar surface area (TPSA) is 87.2 Å². The summed E-state index contributed by atoms with van der Waals surface area (Å²) < 4.78 is 5.67. The van der Waals surface area contributed by atoms with E-state index in [9.17, 15) is 19.5 Å². The predicted molar refractivity (Wildman–Crippen MR) is 136 cm³/mol. The van der Waals surface area contributed by atoms with Gasteiger partial charge >= 0.3 is 0 Å². The highest BCUT2D eigenvalue weighted by Crippen LogP contribution is 2.31. The molecule has 0 bridgehead atoms. The van der Waals surface area contributed by atoms with Crippen molar-refractivity contribution in [1.82, 2.24) is 9.80 Å². The number of hydrogen-bond donors (Lipinski definition) is 1. The first-order valence-corrected chi connectivity index (χ1v) is 12.4. The van der Waals surface area contributed by atoms with Crippen molar-refractivity contribution in [2.45, 2.75) is 25.9 Å². The highest BCUT2D eigenvalue weighted by atomic mass is 16.5. The molecule has 1 fully saturated rings. The summed E-state index contributed by atoms with van der Waals surface area (Å²) in [5, 5.41) is 12.1. The SMILES string of the molecule is CC(=O)c1ccc(OC[C@@H](O)CN2CCC(CN3C(=O)c4cccc5cccc(c45)C3=O)CC2)cc1. The van der Waals surface area contributed by atoms with E-state index in [0.29, 0.717) is 35.5 Å². The summed E-state index contributed by atoms with van der Waals surface area (Å²) in [6.07, 6.45) is 1.06. The number of β-amino-alcohol motifs (C(OH)–C–C–N with tert-alkyl or cyclic N) is 1. The highest BCUT2D eigenvalue weighted by Gasteiger charge is 2.34. The van der Waals surface area contributed by atoms with Crippen LogP contribution < -0.4 is 4.74 Å². The molecular weight excluding hydrogens is 456 g/mol. The van der Waals surface area contributed by atoms with Gasteiger partial charge in [-0.2, -0.15) is 0 Å². The van der Waals surface area contributed by atoms with E-state index in [2.05, 4.69) is 4.90 Å². The van der Waals surface area contributed by atoms with Crippen molar-refractivity contribution in [2.75, 3.05) is 32.8 Å². The standard InChI is InChI=1S/C29H30N2O5/c1-19(32)21-8-10-24(11-9-21)36-18-23(33)17-30-14-12-20(13-15-30)16-31-28(34)25-6-2-4-22-5-3-7-26(27(22)25)29(31)35/h2-11,20,23,33H,12-18H2,1H3/t23-/m0/s1. The Morgan fingerprint density at radius 2 is 1.58 bits per heavy atom. The van der Waals surface area contributed by atoms with Gasteiger partial charge in [0.25, 0.3) is 11.8 Å². The Labute approximate surface area is 210 Å². The Morgan fingerprint density at radius 3 is 2.17 bits per heavy atom. The summed E-state index contributed by atoms with van der Waals surface area (Å²) >= 11 is 0. The molecule has 1 atom stereocenters. The number of rotatable bonds is 8. The average molecular weight is 487 g/mol. The molecule has 1 saturated heterocycles. The number of hydrogen-bond acceptors (Lipinski definition) is 6. The summed E-state index contributed by atoms with van der Waals surface area (Å²) in [6.45, 7) is 4.17. The van der Waals surface area contributed by atoms with Crippen LogP contribution in [0.3, 0.4) is 0 Å². The molecule has 2 aliphatic heterocycles. The van der Waals surface area contributed by atoms with Crippen LogP contribution in [0.25, 0.3) is 10.8 Å². The molecule has 0 radical (unpaired) electrons. The van der Waals surface area contributed by atoms with Gasteiger partial charge in [-0.3, -0.25) is 19.3 Å². The van der Waals surface area contributed by atoms with Gasteiger partial charge in [0.05, 0.1) is 0 Å². The second-order valence-electron chi connectivity index (χ2n) is 9.72. The molecule has 3 aromatic carbocycles. The molecule has 0 aromatic heterocycles. The number of amides is 2. The number of ketones is 1. The van der Waals surface area contributed by atoms with Crippen molar-refractivity contribution in [3.05, 3.63) is 77.4 Å². The van der Waals surface area contributed by atoms with E-state index in [1.165, 1.54) is 11.8 Å². The average Bonchev–Trinajstić information content (AvgIpc) is 2.89. The van der Waals surface area contributed by atoms with Gasteiger partial charge in [0.1, 0.15) is 18.5 Å². The molecular formula is C29H30N2O5. The largest absolute Gasteiger partial charge is 0.491 e. The first kappa shape index (κ1) is 24.2. The maximum Gasteiger partial charge on any atom is 0.261 e. The number of carbonyl (C=O) groups is 3. The molecule has 5 rings (SSSR count). The van der Waals surface area contributed by atoms with Crippen LogP contribution in [-0.4, -0.2) is 71.4 Å². The van der Waals surface area contributed by atoms with Crippen molar-refractivity contribution < 1.29 is 24.2 Å². The first-order chi connectivity index (χ1) is 17.4. The smallest absolute Gasteiger partial charge is 0.261 e. The van der Waals surface area contributed by atoms with Crippen molar-refractivity contribution in [3.8, 4) is 5.75 Å². The molecule has 7 heteroatoms. The third-order valence-corrected chi connectivity index (χ3v) is 7.18. The van der Waals surface area contributed by atoms with E-state index in [1.54, 1.807) is 36.4 Å². The second kappa shape index (κ2) is 10.2. The maximum atomic E-state index is 13.2. The summed E-state index contributed by atoms with van der Waals surface area (Å²) in [4.78, 5) is 41.3. The number of Topliss-reactive ketones (excluding diaryl/α,β-unsaturated/α-hetero) is 1. The lowest BCUT2D eigenvalue weighted by Crippen LogP contribution is -2.46. The zero-order chi connectivity index (χ0) is 25.2. The van der Waals surface area contributed by atoms with Crippen LogP contribution in [0.4, 0.5) is 0 Å². The van der Waals surface area contributed by atoms with E-state index in [0.717, 1.165) is 36.7 Å². The molecule has 3 aromatic rings. The van der Waals surface area contributed by atoms with E-state index in [4.69, 9.17) is 4.74 Å². The molecule has 36 heavy (non-hydrogen) atoms. The molecule has 2 amide bonds. The third kappa shape index (κ3) is 4.90. The molecule has 0 saturated carbocycles. The second-order valence-corrected chi connectivity index (χ2v) is 9.72. The number of likely N-dealkylation sites (tertiary alicyclic amines) is 1. The quantitative estimate of drug-likeness (QED) is 0.385. The normalized spacial score (nSPS) is 17.4. The zero-order valence-electron chi connectivity index (χ0n) is 20.4.